The number of nitrogen functional groups attached to an aromatic ring is 1. The number of benzene rings is 3. The van der Waals surface area contributed by atoms with E-state index < -0.39 is 17.6 Å². The first-order valence-corrected chi connectivity index (χ1v) is 13.7. The smallest absolute Gasteiger partial charge is 0.416 e. The summed E-state index contributed by atoms with van der Waals surface area (Å²) < 4.78 is 57.8. The molecule has 4 N–H and O–H groups in total. The van der Waals surface area contributed by atoms with E-state index in [-0.39, 0.29) is 34.4 Å². The van der Waals surface area contributed by atoms with Gasteiger partial charge >= 0.3 is 6.18 Å². The van der Waals surface area contributed by atoms with Gasteiger partial charge in [-0.15, -0.1) is 0 Å². The van der Waals surface area contributed by atoms with Crippen molar-refractivity contribution < 1.29 is 32.2 Å². The van der Waals surface area contributed by atoms with Crippen molar-refractivity contribution >= 4 is 34.1 Å². The molecule has 234 valence electrons. The van der Waals surface area contributed by atoms with Crippen molar-refractivity contribution in [2.24, 2.45) is 0 Å². The number of fused-ring (bicyclic) bond motifs is 1. The molecule has 0 fully saturated rings. The van der Waals surface area contributed by atoms with Gasteiger partial charge in [0.05, 0.1) is 49.3 Å². The minimum atomic E-state index is -4.61. The third-order valence-electron chi connectivity index (χ3n) is 6.90. The van der Waals surface area contributed by atoms with Crippen LogP contribution in [0, 0.1) is 0 Å². The minimum Gasteiger partial charge on any atom is -0.492 e. The second-order valence-corrected chi connectivity index (χ2v) is 10.2. The van der Waals surface area contributed by atoms with E-state index in [2.05, 4.69) is 25.5 Å². The van der Waals surface area contributed by atoms with Gasteiger partial charge in [-0.2, -0.15) is 13.2 Å². The number of hydrogen-bond acceptors (Lipinski definition) is 9. The summed E-state index contributed by atoms with van der Waals surface area (Å²) in [6, 6.07) is 10.0. The topological polar surface area (TPSA) is 124 Å². The lowest BCUT2D eigenvalue weighted by Gasteiger charge is -2.20. The fourth-order valence-corrected chi connectivity index (χ4v) is 4.76. The Balaban J connectivity index is 1.76. The maximum Gasteiger partial charge on any atom is 0.416 e. The Kier molecular flexibility index (Phi) is 9.99. The molecule has 1 aromatic heterocycles. The van der Waals surface area contributed by atoms with Crippen LogP contribution >= 0.6 is 0 Å². The highest BCUT2D eigenvalue weighted by molar-refractivity contribution is 6.09. The van der Waals surface area contributed by atoms with Gasteiger partial charge in [0.2, 0.25) is 11.7 Å². The van der Waals surface area contributed by atoms with Gasteiger partial charge in [0.1, 0.15) is 0 Å². The van der Waals surface area contributed by atoms with E-state index in [4.69, 9.17) is 19.9 Å². The zero-order valence-corrected chi connectivity index (χ0v) is 25.1. The average molecular weight is 613 g/mol. The molecule has 0 aliphatic heterocycles. The highest BCUT2D eigenvalue weighted by Crippen LogP contribution is 2.47. The van der Waals surface area contributed by atoms with E-state index in [1.807, 2.05) is 14.1 Å². The number of aromatic nitrogens is 2. The summed E-state index contributed by atoms with van der Waals surface area (Å²) in [6.07, 6.45) is -1.36. The van der Waals surface area contributed by atoms with Crippen LogP contribution in [0.4, 0.5) is 30.5 Å². The molecule has 0 atom stereocenters. The summed E-state index contributed by atoms with van der Waals surface area (Å²) in [4.78, 5) is 24.1. The Labute approximate surface area is 253 Å². The number of unbranched alkanes of at least 4 members (excludes halogenated alkanes) is 1. The average Bonchev–Trinajstić information content (AvgIpc) is 2.99. The predicted molar refractivity (Wildman–Crippen MR) is 165 cm³/mol. The summed E-state index contributed by atoms with van der Waals surface area (Å²) in [5.74, 6) is -0.112. The Morgan fingerprint density at radius 2 is 1.66 bits per heavy atom. The van der Waals surface area contributed by atoms with Crippen LogP contribution in [0.2, 0.25) is 0 Å². The molecule has 10 nitrogen and oxygen atoms in total. The molecule has 0 aliphatic rings. The number of hydrogen-bond donors (Lipinski definition) is 3. The number of nitrogens with one attached hydrogen (secondary N) is 2. The van der Waals surface area contributed by atoms with Crippen LogP contribution < -0.4 is 30.6 Å². The number of carbonyl (C=O) groups excluding carboxylic acids is 1. The molecule has 1 amide bonds. The fraction of sp³-hybridized carbons (Fsp3) is 0.323. The van der Waals surface area contributed by atoms with Gasteiger partial charge in [-0.3, -0.25) is 4.79 Å². The van der Waals surface area contributed by atoms with Crippen molar-refractivity contribution in [2.75, 3.05) is 64.9 Å². The lowest BCUT2D eigenvalue weighted by molar-refractivity contribution is -0.137. The summed E-state index contributed by atoms with van der Waals surface area (Å²) in [5, 5.41) is 6.49. The highest BCUT2D eigenvalue weighted by Gasteiger charge is 2.32. The van der Waals surface area contributed by atoms with E-state index in [1.54, 1.807) is 24.4 Å². The number of nitrogens with two attached hydrogens (primary N) is 1. The van der Waals surface area contributed by atoms with Crippen LogP contribution in [-0.2, 0) is 6.18 Å². The third kappa shape index (κ3) is 7.22. The zero-order chi connectivity index (χ0) is 32.0. The first-order valence-electron chi connectivity index (χ1n) is 13.7. The van der Waals surface area contributed by atoms with E-state index in [9.17, 15) is 18.0 Å². The largest absolute Gasteiger partial charge is 0.492 e. The Morgan fingerprint density at radius 1 is 0.932 bits per heavy atom. The fourth-order valence-electron chi connectivity index (χ4n) is 4.76. The monoisotopic (exact) mass is 612 g/mol. The number of nitrogens with zero attached hydrogens (tertiary/aromatic N) is 3. The van der Waals surface area contributed by atoms with Crippen molar-refractivity contribution in [3.8, 4) is 28.4 Å². The standard InChI is InChI=1S/C31H35F3N6O4/c1-40(2)13-7-6-12-36-24-11-9-20(31(32,33)34)15-25(24)38-29(41)22-16-21(26(42-3)28(44-5)27(22)43-4)18-8-10-23-19(14-18)17-37-30(35)39-23/h8-11,14-17,36H,6-7,12-13H2,1-5H3,(H,38,41)(H2,35,37,39). The Hall–Kier alpha value is -4.78. The highest BCUT2D eigenvalue weighted by atomic mass is 19.4. The molecule has 0 saturated carbocycles. The van der Waals surface area contributed by atoms with E-state index in [0.717, 1.165) is 31.5 Å². The molecular formula is C31H35F3N6O4. The van der Waals surface area contributed by atoms with Crippen molar-refractivity contribution in [3.05, 3.63) is 59.8 Å². The van der Waals surface area contributed by atoms with Crippen LogP contribution in [0.1, 0.15) is 28.8 Å². The molecule has 13 heteroatoms. The van der Waals surface area contributed by atoms with Crippen LogP contribution in [0.5, 0.6) is 17.2 Å². The summed E-state index contributed by atoms with van der Waals surface area (Å²) in [6.45, 7) is 1.38. The first-order chi connectivity index (χ1) is 21.0. The lowest BCUT2D eigenvalue weighted by Crippen LogP contribution is -2.17. The summed E-state index contributed by atoms with van der Waals surface area (Å²) >= 11 is 0. The molecule has 3 aromatic carbocycles. The van der Waals surface area contributed by atoms with Crippen molar-refractivity contribution in [1.29, 1.82) is 0 Å². The van der Waals surface area contributed by atoms with E-state index in [0.29, 0.717) is 34.3 Å². The number of carbonyl (C=O) groups is 1. The molecule has 0 radical (unpaired) electrons. The lowest BCUT2D eigenvalue weighted by atomic mass is 9.98. The van der Waals surface area contributed by atoms with E-state index >= 15 is 0 Å². The SMILES string of the molecule is COc1c(C(=O)Nc2cc(C(F)(F)F)ccc2NCCCCN(C)C)cc(-c2ccc3nc(N)ncc3c2)c(OC)c1OC. The Bertz CT molecular complexity index is 1650. The summed E-state index contributed by atoms with van der Waals surface area (Å²) in [5.41, 5.74) is 6.87. The van der Waals surface area contributed by atoms with Crippen LogP contribution in [0.15, 0.2) is 48.7 Å². The van der Waals surface area contributed by atoms with Gasteiger partial charge in [0.15, 0.2) is 11.5 Å². The molecule has 0 unspecified atom stereocenters. The predicted octanol–water partition coefficient (Wildman–Crippen LogP) is 5.93. The number of methoxy groups -OCH3 is 3. The number of alkyl halides is 3. The van der Waals surface area contributed by atoms with Gasteiger partial charge in [-0.25, -0.2) is 9.97 Å². The minimum absolute atomic E-state index is 0.0168. The number of ether oxygens (including phenoxy) is 3. The molecule has 0 aliphatic carbocycles. The molecule has 4 rings (SSSR count). The number of anilines is 3. The van der Waals surface area contributed by atoms with Gasteiger partial charge in [0, 0.05) is 23.7 Å². The molecule has 0 bridgehead atoms. The second-order valence-electron chi connectivity index (χ2n) is 10.2. The summed E-state index contributed by atoms with van der Waals surface area (Å²) in [7, 11) is 8.14. The van der Waals surface area contributed by atoms with Crippen molar-refractivity contribution in [3.63, 3.8) is 0 Å². The maximum absolute atomic E-state index is 13.8. The Morgan fingerprint density at radius 3 is 2.32 bits per heavy atom. The molecule has 0 spiro atoms. The van der Waals surface area contributed by atoms with Gasteiger partial charge in [-0.05, 0) is 75.4 Å². The zero-order valence-electron chi connectivity index (χ0n) is 25.1. The molecule has 1 heterocycles. The number of amides is 1. The van der Waals surface area contributed by atoms with Gasteiger partial charge in [-0.1, -0.05) is 6.07 Å². The third-order valence-corrected chi connectivity index (χ3v) is 6.90. The van der Waals surface area contributed by atoms with Gasteiger partial charge in [0.25, 0.3) is 5.91 Å². The first kappa shape index (κ1) is 32.1. The number of rotatable bonds is 12. The van der Waals surface area contributed by atoms with Gasteiger partial charge < -0.3 is 35.5 Å². The van der Waals surface area contributed by atoms with Crippen LogP contribution in [0.3, 0.4) is 0 Å². The van der Waals surface area contributed by atoms with Crippen molar-refractivity contribution in [1.82, 2.24) is 14.9 Å². The van der Waals surface area contributed by atoms with E-state index in [1.165, 1.54) is 33.5 Å². The normalized spacial score (nSPS) is 11.5. The molecule has 44 heavy (non-hydrogen) atoms. The van der Waals surface area contributed by atoms with Crippen molar-refractivity contribution in [2.45, 2.75) is 19.0 Å². The van der Waals surface area contributed by atoms with Crippen LogP contribution in [-0.4, -0.2) is 69.3 Å². The quantitative estimate of drug-likeness (QED) is 0.167. The molecular weight excluding hydrogens is 577 g/mol. The second kappa shape index (κ2) is 13.7. The van der Waals surface area contributed by atoms with Crippen LogP contribution in [0.25, 0.3) is 22.0 Å². The maximum atomic E-state index is 13.8. The number of halogens is 3. The molecule has 4 aromatic rings. The molecule has 0 saturated heterocycles.